The van der Waals surface area contributed by atoms with Crippen LogP contribution < -0.4 is 0 Å². The fourth-order valence-electron chi connectivity index (χ4n) is 2.02. The molecule has 0 aromatic rings. The van der Waals surface area contributed by atoms with Crippen LogP contribution in [-0.2, 0) is 9.53 Å². The summed E-state index contributed by atoms with van der Waals surface area (Å²) in [7, 11) is 0. The molecular weight excluding hydrogens is 192 g/mol. The second-order valence-corrected chi connectivity index (χ2v) is 4.42. The average Bonchev–Trinajstić information content (AvgIpc) is 2.29. The molecule has 3 nitrogen and oxygen atoms in total. The van der Waals surface area contributed by atoms with Crippen molar-refractivity contribution in [2.45, 2.75) is 45.4 Å². The van der Waals surface area contributed by atoms with Crippen molar-refractivity contribution >= 4 is 5.97 Å². The zero-order valence-corrected chi connectivity index (χ0v) is 9.58. The Bertz CT molecular complexity index is 183. The Morgan fingerprint density at radius 3 is 2.53 bits per heavy atom. The van der Waals surface area contributed by atoms with Gasteiger partial charge in [-0.05, 0) is 38.0 Å². The predicted molar refractivity (Wildman–Crippen MR) is 58.4 cm³/mol. The quantitative estimate of drug-likeness (QED) is 0.563. The number of aliphatic hydroxyl groups is 1. The molecule has 3 heteroatoms. The van der Waals surface area contributed by atoms with Gasteiger partial charge < -0.3 is 9.84 Å². The molecule has 1 N–H and O–H groups in total. The van der Waals surface area contributed by atoms with Gasteiger partial charge in [-0.3, -0.25) is 4.79 Å². The highest BCUT2D eigenvalue weighted by Crippen LogP contribution is 2.29. The van der Waals surface area contributed by atoms with Gasteiger partial charge in [-0.15, -0.1) is 0 Å². The van der Waals surface area contributed by atoms with Gasteiger partial charge in [0.05, 0.1) is 12.5 Å². The summed E-state index contributed by atoms with van der Waals surface area (Å²) in [6.45, 7) is 2.91. The smallest absolute Gasteiger partial charge is 0.308 e. The van der Waals surface area contributed by atoms with Gasteiger partial charge in [0.25, 0.3) is 0 Å². The molecule has 1 rings (SSSR count). The van der Waals surface area contributed by atoms with Crippen LogP contribution in [0.3, 0.4) is 0 Å². The van der Waals surface area contributed by atoms with Crippen LogP contribution in [0.5, 0.6) is 0 Å². The van der Waals surface area contributed by atoms with E-state index in [4.69, 9.17) is 9.84 Å². The van der Waals surface area contributed by atoms with Gasteiger partial charge in [-0.2, -0.15) is 0 Å². The summed E-state index contributed by atoms with van der Waals surface area (Å²) in [6.07, 6.45) is 5.71. The van der Waals surface area contributed by atoms with Crippen molar-refractivity contribution in [3.05, 3.63) is 0 Å². The average molecular weight is 214 g/mol. The molecule has 0 aromatic heterocycles. The third-order valence-electron chi connectivity index (χ3n) is 3.18. The number of unbranched alkanes of at least 4 members (excludes halogenated alkanes) is 1. The Labute approximate surface area is 91.8 Å². The van der Waals surface area contributed by atoms with Crippen molar-refractivity contribution in [3.63, 3.8) is 0 Å². The lowest BCUT2D eigenvalue weighted by molar-refractivity contribution is -0.150. The summed E-state index contributed by atoms with van der Waals surface area (Å²) in [5.74, 6) is 0.467. The molecule has 0 amide bonds. The van der Waals surface area contributed by atoms with E-state index in [-0.39, 0.29) is 18.5 Å². The Kier molecular flexibility index (Phi) is 5.69. The number of esters is 1. The number of hydrogen-bond donors (Lipinski definition) is 1. The van der Waals surface area contributed by atoms with E-state index >= 15 is 0 Å². The number of rotatable bonds is 5. The molecule has 0 radical (unpaired) electrons. The maximum atomic E-state index is 11.6. The van der Waals surface area contributed by atoms with Crippen molar-refractivity contribution in [2.24, 2.45) is 11.8 Å². The molecule has 1 fully saturated rings. The van der Waals surface area contributed by atoms with Crippen LogP contribution >= 0.6 is 0 Å². The molecule has 0 aromatic carbocycles. The Morgan fingerprint density at radius 1 is 1.33 bits per heavy atom. The summed E-state index contributed by atoms with van der Waals surface area (Å²) in [6, 6.07) is 0. The van der Waals surface area contributed by atoms with E-state index in [9.17, 15) is 4.79 Å². The van der Waals surface area contributed by atoms with Crippen molar-refractivity contribution in [1.82, 2.24) is 0 Å². The first-order chi connectivity index (χ1) is 7.27. The molecule has 0 bridgehead atoms. The highest BCUT2D eigenvalue weighted by Gasteiger charge is 2.26. The van der Waals surface area contributed by atoms with Crippen LogP contribution in [0, 0.1) is 11.8 Å². The molecule has 0 atom stereocenters. The number of aliphatic hydroxyl groups excluding tert-OH is 1. The summed E-state index contributed by atoms with van der Waals surface area (Å²) in [5.41, 5.74) is 0. The van der Waals surface area contributed by atoms with Crippen molar-refractivity contribution < 1.29 is 14.6 Å². The predicted octanol–water partition coefficient (Wildman–Crippen LogP) is 2.13. The molecule has 0 spiro atoms. The van der Waals surface area contributed by atoms with Crippen molar-refractivity contribution in [3.8, 4) is 0 Å². The highest BCUT2D eigenvalue weighted by atomic mass is 16.5. The molecule has 0 aliphatic heterocycles. The van der Waals surface area contributed by atoms with Crippen LogP contribution in [-0.4, -0.2) is 24.3 Å². The van der Waals surface area contributed by atoms with E-state index in [1.165, 1.54) is 0 Å². The fraction of sp³-hybridized carbons (Fsp3) is 0.917. The van der Waals surface area contributed by atoms with Gasteiger partial charge >= 0.3 is 5.97 Å². The molecule has 0 unspecified atom stereocenters. The molecule has 88 valence electrons. The lowest BCUT2D eigenvalue weighted by Gasteiger charge is -2.25. The third kappa shape index (κ3) is 4.20. The first-order valence-corrected chi connectivity index (χ1v) is 6.05. The first-order valence-electron chi connectivity index (χ1n) is 6.05. The summed E-state index contributed by atoms with van der Waals surface area (Å²) in [4.78, 5) is 11.6. The zero-order valence-electron chi connectivity index (χ0n) is 9.58. The molecule has 0 saturated heterocycles. The van der Waals surface area contributed by atoms with E-state index in [0.29, 0.717) is 12.5 Å². The molecule has 1 aliphatic carbocycles. The van der Waals surface area contributed by atoms with Crippen molar-refractivity contribution in [1.29, 1.82) is 0 Å². The largest absolute Gasteiger partial charge is 0.465 e. The van der Waals surface area contributed by atoms with Gasteiger partial charge in [0.1, 0.15) is 0 Å². The zero-order chi connectivity index (χ0) is 11.1. The topological polar surface area (TPSA) is 46.5 Å². The standard InChI is InChI=1S/C12H22O3/c1-2-3-8-15-12(14)11-6-4-10(9-13)5-7-11/h10-11,13H,2-9H2,1H3. The maximum absolute atomic E-state index is 11.6. The van der Waals surface area contributed by atoms with Crippen LogP contribution in [0.15, 0.2) is 0 Å². The van der Waals surface area contributed by atoms with Gasteiger partial charge in [-0.1, -0.05) is 13.3 Å². The number of carbonyl (C=O) groups excluding carboxylic acids is 1. The van der Waals surface area contributed by atoms with Gasteiger partial charge in [0, 0.05) is 6.61 Å². The first kappa shape index (κ1) is 12.5. The Morgan fingerprint density at radius 2 is 2.00 bits per heavy atom. The van der Waals surface area contributed by atoms with Gasteiger partial charge in [0.2, 0.25) is 0 Å². The molecule has 1 saturated carbocycles. The van der Waals surface area contributed by atoms with Crippen LogP contribution in [0.1, 0.15) is 45.4 Å². The number of hydrogen-bond acceptors (Lipinski definition) is 3. The van der Waals surface area contributed by atoms with Crippen LogP contribution in [0.25, 0.3) is 0 Å². The minimum atomic E-state index is -0.0279. The van der Waals surface area contributed by atoms with E-state index in [1.54, 1.807) is 0 Å². The second kappa shape index (κ2) is 6.83. The van der Waals surface area contributed by atoms with Crippen LogP contribution in [0.2, 0.25) is 0 Å². The fourth-order valence-corrected chi connectivity index (χ4v) is 2.02. The van der Waals surface area contributed by atoms with E-state index in [2.05, 4.69) is 6.92 Å². The monoisotopic (exact) mass is 214 g/mol. The summed E-state index contributed by atoms with van der Waals surface area (Å²) in [5, 5.41) is 8.97. The van der Waals surface area contributed by atoms with Crippen LogP contribution in [0.4, 0.5) is 0 Å². The minimum Gasteiger partial charge on any atom is -0.465 e. The minimum absolute atomic E-state index is 0.0279. The van der Waals surface area contributed by atoms with Gasteiger partial charge in [-0.25, -0.2) is 0 Å². The maximum Gasteiger partial charge on any atom is 0.308 e. The van der Waals surface area contributed by atoms with E-state index in [1.807, 2.05) is 0 Å². The number of carbonyl (C=O) groups is 1. The molecule has 0 heterocycles. The molecular formula is C12H22O3. The molecule has 15 heavy (non-hydrogen) atoms. The Hall–Kier alpha value is -0.570. The van der Waals surface area contributed by atoms with E-state index < -0.39 is 0 Å². The number of ether oxygens (including phenoxy) is 1. The van der Waals surface area contributed by atoms with Crippen molar-refractivity contribution in [2.75, 3.05) is 13.2 Å². The Balaban J connectivity index is 2.18. The normalized spacial score (nSPS) is 26.3. The van der Waals surface area contributed by atoms with E-state index in [0.717, 1.165) is 38.5 Å². The summed E-state index contributed by atoms with van der Waals surface area (Å²) < 4.78 is 5.19. The second-order valence-electron chi connectivity index (χ2n) is 4.42. The van der Waals surface area contributed by atoms with Gasteiger partial charge in [0.15, 0.2) is 0 Å². The third-order valence-corrected chi connectivity index (χ3v) is 3.18. The molecule has 1 aliphatic rings. The highest BCUT2D eigenvalue weighted by molar-refractivity contribution is 5.72. The summed E-state index contributed by atoms with van der Waals surface area (Å²) >= 11 is 0. The lowest BCUT2D eigenvalue weighted by Crippen LogP contribution is -2.25. The lowest BCUT2D eigenvalue weighted by atomic mass is 9.82. The SMILES string of the molecule is CCCCOC(=O)C1CCC(CO)CC1.